The van der Waals surface area contributed by atoms with E-state index in [0.717, 1.165) is 0 Å². The highest BCUT2D eigenvalue weighted by molar-refractivity contribution is 5.47. The quantitative estimate of drug-likeness (QED) is 0.517. The van der Waals surface area contributed by atoms with Gasteiger partial charge in [0.25, 0.3) is 0 Å². The van der Waals surface area contributed by atoms with E-state index in [1.807, 2.05) is 6.07 Å². The molecule has 0 bridgehead atoms. The number of rotatable bonds is 4. The van der Waals surface area contributed by atoms with Gasteiger partial charge in [-0.2, -0.15) is 5.26 Å². The molecule has 1 rings (SSSR count). The third-order valence-electron chi connectivity index (χ3n) is 2.56. The molecule has 0 saturated carbocycles. The Morgan fingerprint density at radius 3 is 1.79 bits per heavy atom. The summed E-state index contributed by atoms with van der Waals surface area (Å²) in [5, 5.41) is 10.9. The first-order valence-corrected chi connectivity index (χ1v) is 5.38. The van der Waals surface area contributed by atoms with Crippen molar-refractivity contribution in [3.63, 3.8) is 0 Å². The highest BCUT2D eigenvalue weighted by Gasteiger charge is 2.26. The van der Waals surface area contributed by atoms with E-state index in [1.165, 1.54) is 0 Å². The fourth-order valence-corrected chi connectivity index (χ4v) is 1.32. The van der Waals surface area contributed by atoms with Crippen LogP contribution in [0.25, 0.3) is 0 Å². The summed E-state index contributed by atoms with van der Waals surface area (Å²) in [5.74, 6) is -10.0. The molecular formula is C12H11F5N2. The average Bonchev–Trinajstić information content (AvgIpc) is 2.38. The Morgan fingerprint density at radius 2 is 1.37 bits per heavy atom. The number of benzene rings is 1. The number of nitriles is 1. The molecule has 1 aromatic carbocycles. The molecule has 0 aromatic heterocycles. The highest BCUT2D eigenvalue weighted by atomic mass is 19.2. The first kappa shape index (κ1) is 15.2. The van der Waals surface area contributed by atoms with E-state index >= 15 is 0 Å². The van der Waals surface area contributed by atoms with Crippen molar-refractivity contribution in [2.75, 3.05) is 11.9 Å². The zero-order valence-corrected chi connectivity index (χ0v) is 10.3. The molecule has 0 atom stereocenters. The predicted molar refractivity (Wildman–Crippen MR) is 58.7 cm³/mol. The van der Waals surface area contributed by atoms with Gasteiger partial charge >= 0.3 is 0 Å². The van der Waals surface area contributed by atoms with Gasteiger partial charge in [0, 0.05) is 6.54 Å². The third kappa shape index (κ3) is 3.13. The van der Waals surface area contributed by atoms with Gasteiger partial charge < -0.3 is 5.32 Å². The number of nitrogens with one attached hydrogen (secondary N) is 1. The van der Waals surface area contributed by atoms with Gasteiger partial charge in [-0.25, -0.2) is 22.0 Å². The van der Waals surface area contributed by atoms with Crippen LogP contribution in [0, 0.1) is 45.8 Å². The van der Waals surface area contributed by atoms with Crippen LogP contribution in [0.15, 0.2) is 0 Å². The molecule has 2 nitrogen and oxygen atoms in total. The molecule has 0 heterocycles. The summed E-state index contributed by atoms with van der Waals surface area (Å²) in [6.45, 7) is 3.08. The van der Waals surface area contributed by atoms with E-state index in [9.17, 15) is 22.0 Å². The van der Waals surface area contributed by atoms with E-state index in [4.69, 9.17) is 5.26 Å². The minimum absolute atomic E-state index is 0.0983. The Labute approximate surface area is 106 Å². The SMILES string of the molecule is CC(C)(C#N)CCNc1c(F)c(F)c(F)c(F)c1F. The Hall–Kier alpha value is -1.84. The van der Waals surface area contributed by atoms with Crippen LogP contribution in [0.3, 0.4) is 0 Å². The maximum atomic E-state index is 13.3. The average molecular weight is 278 g/mol. The standard InChI is InChI=1S/C12H11F5N2/c1-12(2,5-18)3-4-19-11-9(16)7(14)6(13)8(15)10(11)17/h19H,3-4H2,1-2H3. The van der Waals surface area contributed by atoms with Crippen molar-refractivity contribution in [1.29, 1.82) is 5.26 Å². The van der Waals surface area contributed by atoms with Gasteiger partial charge in [0.05, 0.1) is 11.5 Å². The Kier molecular flexibility index (Phi) is 4.35. The molecule has 1 N–H and O–H groups in total. The van der Waals surface area contributed by atoms with Crippen LogP contribution in [0.1, 0.15) is 20.3 Å². The molecule has 0 aliphatic heterocycles. The van der Waals surface area contributed by atoms with Crippen molar-refractivity contribution >= 4 is 5.69 Å². The maximum absolute atomic E-state index is 13.3. The van der Waals surface area contributed by atoms with E-state index in [-0.39, 0.29) is 13.0 Å². The lowest BCUT2D eigenvalue weighted by Crippen LogP contribution is -2.17. The highest BCUT2D eigenvalue weighted by Crippen LogP contribution is 2.27. The molecule has 1 aromatic rings. The van der Waals surface area contributed by atoms with Gasteiger partial charge in [-0.05, 0) is 20.3 Å². The van der Waals surface area contributed by atoms with E-state index in [1.54, 1.807) is 13.8 Å². The largest absolute Gasteiger partial charge is 0.380 e. The van der Waals surface area contributed by atoms with Crippen LogP contribution in [0.4, 0.5) is 27.6 Å². The Morgan fingerprint density at radius 1 is 0.947 bits per heavy atom. The topological polar surface area (TPSA) is 35.8 Å². The number of nitrogens with zero attached hydrogens (tertiary/aromatic N) is 1. The fourth-order valence-electron chi connectivity index (χ4n) is 1.32. The molecule has 19 heavy (non-hydrogen) atoms. The van der Waals surface area contributed by atoms with Gasteiger partial charge in [0.2, 0.25) is 5.82 Å². The summed E-state index contributed by atoms with van der Waals surface area (Å²) >= 11 is 0. The van der Waals surface area contributed by atoms with Gasteiger partial charge in [0.15, 0.2) is 23.3 Å². The third-order valence-corrected chi connectivity index (χ3v) is 2.56. The normalized spacial score (nSPS) is 11.3. The molecule has 0 amide bonds. The second-order valence-corrected chi connectivity index (χ2v) is 4.62. The predicted octanol–water partition coefficient (Wildman–Crippen LogP) is 3.73. The minimum atomic E-state index is -2.20. The number of hydrogen-bond acceptors (Lipinski definition) is 2. The van der Waals surface area contributed by atoms with Gasteiger partial charge in [-0.1, -0.05) is 0 Å². The van der Waals surface area contributed by atoms with Crippen LogP contribution >= 0.6 is 0 Å². The summed E-state index contributed by atoms with van der Waals surface area (Å²) < 4.78 is 65.0. The van der Waals surface area contributed by atoms with Crippen molar-refractivity contribution in [3.8, 4) is 6.07 Å². The maximum Gasteiger partial charge on any atom is 0.200 e. The Bertz CT molecular complexity index is 505. The summed E-state index contributed by atoms with van der Waals surface area (Å²) in [4.78, 5) is 0. The van der Waals surface area contributed by atoms with E-state index in [2.05, 4.69) is 5.32 Å². The zero-order valence-electron chi connectivity index (χ0n) is 10.3. The van der Waals surface area contributed by atoms with Crippen LogP contribution in [0.2, 0.25) is 0 Å². The molecule has 0 spiro atoms. The van der Waals surface area contributed by atoms with Crippen molar-refractivity contribution < 1.29 is 22.0 Å². The van der Waals surface area contributed by atoms with Crippen LogP contribution in [-0.2, 0) is 0 Å². The molecule has 104 valence electrons. The smallest absolute Gasteiger partial charge is 0.200 e. The van der Waals surface area contributed by atoms with Crippen molar-refractivity contribution in [1.82, 2.24) is 0 Å². The fraction of sp³-hybridized carbons (Fsp3) is 0.417. The van der Waals surface area contributed by atoms with Gasteiger partial charge in [-0.3, -0.25) is 0 Å². The molecule has 0 radical (unpaired) electrons. The van der Waals surface area contributed by atoms with E-state index in [0.29, 0.717) is 0 Å². The second kappa shape index (κ2) is 5.43. The Balaban J connectivity index is 2.95. The number of anilines is 1. The number of hydrogen-bond donors (Lipinski definition) is 1. The van der Waals surface area contributed by atoms with E-state index < -0.39 is 40.2 Å². The summed E-state index contributed by atoms with van der Waals surface area (Å²) in [5.41, 5.74) is -1.85. The summed E-state index contributed by atoms with van der Waals surface area (Å²) in [6.07, 6.45) is 0.184. The molecule has 0 saturated heterocycles. The van der Waals surface area contributed by atoms with Crippen molar-refractivity contribution in [2.24, 2.45) is 5.41 Å². The lowest BCUT2D eigenvalue weighted by Gasteiger charge is -2.16. The summed E-state index contributed by atoms with van der Waals surface area (Å²) in [6, 6.07) is 1.95. The lowest BCUT2D eigenvalue weighted by atomic mass is 9.91. The van der Waals surface area contributed by atoms with Crippen LogP contribution in [-0.4, -0.2) is 6.54 Å². The van der Waals surface area contributed by atoms with Crippen LogP contribution < -0.4 is 5.32 Å². The number of halogens is 5. The van der Waals surface area contributed by atoms with Crippen LogP contribution in [0.5, 0.6) is 0 Å². The zero-order chi connectivity index (χ0) is 14.8. The van der Waals surface area contributed by atoms with Gasteiger partial charge in [-0.15, -0.1) is 0 Å². The molecule has 0 fully saturated rings. The first-order valence-electron chi connectivity index (χ1n) is 5.38. The van der Waals surface area contributed by atoms with Crippen molar-refractivity contribution in [2.45, 2.75) is 20.3 Å². The van der Waals surface area contributed by atoms with Gasteiger partial charge in [0.1, 0.15) is 5.69 Å². The second-order valence-electron chi connectivity index (χ2n) is 4.62. The molecule has 0 aliphatic rings. The van der Waals surface area contributed by atoms with Crippen molar-refractivity contribution in [3.05, 3.63) is 29.1 Å². The molecule has 7 heteroatoms. The molecular weight excluding hydrogens is 267 g/mol. The summed E-state index contributed by atoms with van der Waals surface area (Å²) in [7, 11) is 0. The first-order chi connectivity index (χ1) is 8.71. The minimum Gasteiger partial charge on any atom is -0.380 e. The monoisotopic (exact) mass is 278 g/mol. The lowest BCUT2D eigenvalue weighted by molar-refractivity contribution is 0.380. The molecule has 0 aliphatic carbocycles. The molecule has 0 unspecified atom stereocenters.